The van der Waals surface area contributed by atoms with Crippen molar-refractivity contribution >= 4 is 35.3 Å². The van der Waals surface area contributed by atoms with Crippen LogP contribution in [0, 0.1) is 10.1 Å². The molecule has 0 atom stereocenters. The first-order valence-corrected chi connectivity index (χ1v) is 9.56. The molecule has 1 N–H and O–H groups in total. The van der Waals surface area contributed by atoms with E-state index in [2.05, 4.69) is 5.32 Å². The molecule has 1 fully saturated rings. The number of urea groups is 1. The van der Waals surface area contributed by atoms with Gasteiger partial charge in [0, 0.05) is 23.8 Å². The zero-order valence-electron chi connectivity index (χ0n) is 16.6. The Labute approximate surface area is 185 Å². The van der Waals surface area contributed by atoms with Gasteiger partial charge in [-0.3, -0.25) is 25.0 Å². The number of carbonyl (C=O) groups excluding carboxylic acids is 3. The Hall–Kier alpha value is -4.93. The summed E-state index contributed by atoms with van der Waals surface area (Å²) in [6.07, 6.45) is 1.22. The first-order valence-electron chi connectivity index (χ1n) is 9.56. The average molecular weight is 447 g/mol. The van der Waals surface area contributed by atoms with Crippen molar-refractivity contribution in [3.63, 3.8) is 0 Å². The number of hydrogen-bond donors (Lipinski definition) is 1. The predicted octanol–water partition coefficient (Wildman–Crippen LogP) is 3.25. The number of benzene rings is 2. The van der Waals surface area contributed by atoms with Gasteiger partial charge in [-0.15, -0.1) is 0 Å². The number of non-ortho nitro benzene ring substituents is 1. The lowest BCUT2D eigenvalue weighted by atomic mass is 10.1. The lowest BCUT2D eigenvalue weighted by Gasteiger charge is -2.26. The lowest BCUT2D eigenvalue weighted by Crippen LogP contribution is -2.54. The van der Waals surface area contributed by atoms with Crippen LogP contribution in [0.5, 0.6) is 11.5 Å². The van der Waals surface area contributed by atoms with Crippen LogP contribution in [-0.4, -0.2) is 29.6 Å². The van der Waals surface area contributed by atoms with Crippen molar-refractivity contribution in [3.05, 3.63) is 76.0 Å². The average Bonchev–Trinajstić information content (AvgIpc) is 3.46. The maximum absolute atomic E-state index is 13.0. The molecule has 3 aromatic rings. The Morgan fingerprint density at radius 2 is 1.73 bits per heavy atom. The second-order valence-electron chi connectivity index (χ2n) is 7.00. The molecule has 1 saturated heterocycles. The number of anilines is 1. The molecule has 0 spiro atoms. The van der Waals surface area contributed by atoms with Gasteiger partial charge in [-0.05, 0) is 42.5 Å². The molecule has 0 aliphatic carbocycles. The number of hydrogen-bond acceptors (Lipinski definition) is 8. The monoisotopic (exact) mass is 447 g/mol. The molecule has 11 heteroatoms. The van der Waals surface area contributed by atoms with Crippen LogP contribution in [0.1, 0.15) is 5.76 Å². The van der Waals surface area contributed by atoms with Gasteiger partial charge >= 0.3 is 6.03 Å². The fraction of sp³-hybridized carbons (Fsp3) is 0.0455. The number of nitro benzene ring substituents is 1. The van der Waals surface area contributed by atoms with Gasteiger partial charge < -0.3 is 13.9 Å². The minimum atomic E-state index is -0.896. The smallest absolute Gasteiger partial charge is 0.335 e. The number of rotatable bonds is 4. The topological polar surface area (TPSA) is 141 Å². The molecule has 0 radical (unpaired) electrons. The molecule has 2 aromatic carbocycles. The second-order valence-corrected chi connectivity index (χ2v) is 7.00. The SMILES string of the molecule is O=C1NC(=O)N(c2ccc3c(c2)OCO3)C(=O)/C1=C\c1ccc(-c2ccc([N+](=O)[O-])cc2)o1. The van der Waals surface area contributed by atoms with Crippen molar-refractivity contribution in [1.29, 1.82) is 0 Å². The number of nitrogens with zero attached hydrogens (tertiary/aromatic N) is 2. The number of nitro groups is 1. The van der Waals surface area contributed by atoms with Gasteiger partial charge in [-0.2, -0.15) is 0 Å². The van der Waals surface area contributed by atoms with Crippen molar-refractivity contribution in [2.45, 2.75) is 0 Å². The standard InChI is InChI=1S/C22H13N3O8/c26-20-16(10-15-6-8-17(33-15)12-1-3-13(4-2-12)25(29)30)21(27)24(22(28)23-20)14-5-7-18-19(9-14)32-11-31-18/h1-10H,11H2,(H,23,26,28)/b16-10-. The number of carbonyl (C=O) groups is 3. The molecule has 3 heterocycles. The number of furan rings is 1. The molecule has 33 heavy (non-hydrogen) atoms. The van der Waals surface area contributed by atoms with Crippen molar-refractivity contribution < 1.29 is 33.2 Å². The van der Waals surface area contributed by atoms with E-state index in [4.69, 9.17) is 13.9 Å². The molecule has 0 bridgehead atoms. The molecule has 2 aliphatic heterocycles. The van der Waals surface area contributed by atoms with E-state index in [0.29, 0.717) is 22.8 Å². The predicted molar refractivity (Wildman–Crippen MR) is 112 cm³/mol. The van der Waals surface area contributed by atoms with Crippen LogP contribution >= 0.6 is 0 Å². The van der Waals surface area contributed by atoms with Gasteiger partial charge in [0.05, 0.1) is 10.6 Å². The first kappa shape index (κ1) is 20.0. The third kappa shape index (κ3) is 3.57. The van der Waals surface area contributed by atoms with Crippen LogP contribution in [0.15, 0.2) is 64.6 Å². The van der Waals surface area contributed by atoms with E-state index in [9.17, 15) is 24.5 Å². The number of fused-ring (bicyclic) bond motifs is 1. The van der Waals surface area contributed by atoms with E-state index >= 15 is 0 Å². The summed E-state index contributed by atoms with van der Waals surface area (Å²) >= 11 is 0. The van der Waals surface area contributed by atoms with Gasteiger partial charge in [0.1, 0.15) is 17.1 Å². The van der Waals surface area contributed by atoms with E-state index in [1.165, 1.54) is 48.5 Å². The summed E-state index contributed by atoms with van der Waals surface area (Å²) in [6, 6.07) is 12.5. The summed E-state index contributed by atoms with van der Waals surface area (Å²) in [5, 5.41) is 12.9. The highest BCUT2D eigenvalue weighted by atomic mass is 16.7. The largest absolute Gasteiger partial charge is 0.457 e. The van der Waals surface area contributed by atoms with Crippen LogP contribution in [0.25, 0.3) is 17.4 Å². The third-order valence-corrected chi connectivity index (χ3v) is 4.99. The molecule has 164 valence electrons. The fourth-order valence-corrected chi connectivity index (χ4v) is 3.39. The zero-order valence-corrected chi connectivity index (χ0v) is 16.6. The van der Waals surface area contributed by atoms with Crippen molar-refractivity contribution in [3.8, 4) is 22.8 Å². The Morgan fingerprint density at radius 1 is 0.970 bits per heavy atom. The van der Waals surface area contributed by atoms with Crippen LogP contribution in [0.3, 0.4) is 0 Å². The van der Waals surface area contributed by atoms with Gasteiger partial charge in [0.15, 0.2) is 11.5 Å². The van der Waals surface area contributed by atoms with Crippen LogP contribution in [0.4, 0.5) is 16.2 Å². The molecule has 1 aromatic heterocycles. The maximum atomic E-state index is 13.0. The zero-order chi connectivity index (χ0) is 23.1. The quantitative estimate of drug-likeness (QED) is 0.278. The number of ether oxygens (including phenoxy) is 2. The Kier molecular flexibility index (Phi) is 4.63. The van der Waals surface area contributed by atoms with Crippen LogP contribution in [-0.2, 0) is 9.59 Å². The van der Waals surface area contributed by atoms with E-state index in [0.717, 1.165) is 4.90 Å². The summed E-state index contributed by atoms with van der Waals surface area (Å²) < 4.78 is 16.2. The minimum absolute atomic E-state index is 0.0259. The molecule has 5 rings (SSSR count). The highest BCUT2D eigenvalue weighted by Gasteiger charge is 2.37. The molecule has 11 nitrogen and oxygen atoms in total. The maximum Gasteiger partial charge on any atom is 0.335 e. The van der Waals surface area contributed by atoms with Gasteiger partial charge in [0.25, 0.3) is 17.5 Å². The first-order chi connectivity index (χ1) is 15.9. The Bertz CT molecular complexity index is 1360. The summed E-state index contributed by atoms with van der Waals surface area (Å²) in [5.41, 5.74) is 0.398. The Balaban J connectivity index is 1.44. The highest BCUT2D eigenvalue weighted by molar-refractivity contribution is 6.39. The van der Waals surface area contributed by atoms with Crippen molar-refractivity contribution in [1.82, 2.24) is 5.32 Å². The molecule has 0 saturated carbocycles. The molecule has 4 amide bonds. The van der Waals surface area contributed by atoms with Gasteiger partial charge in [-0.1, -0.05) is 0 Å². The summed E-state index contributed by atoms with van der Waals surface area (Å²) in [7, 11) is 0. The summed E-state index contributed by atoms with van der Waals surface area (Å²) in [4.78, 5) is 48.9. The van der Waals surface area contributed by atoms with E-state index in [1.54, 1.807) is 12.1 Å². The summed E-state index contributed by atoms with van der Waals surface area (Å²) in [6.45, 7) is 0.0259. The number of nitrogens with one attached hydrogen (secondary N) is 1. The van der Waals surface area contributed by atoms with Crippen molar-refractivity contribution in [2.24, 2.45) is 0 Å². The molecule has 2 aliphatic rings. The minimum Gasteiger partial charge on any atom is -0.457 e. The normalized spacial score (nSPS) is 16.3. The van der Waals surface area contributed by atoms with Crippen LogP contribution in [0.2, 0.25) is 0 Å². The van der Waals surface area contributed by atoms with E-state index in [1.807, 2.05) is 0 Å². The van der Waals surface area contributed by atoms with E-state index < -0.39 is 22.8 Å². The molecule has 0 unspecified atom stereocenters. The third-order valence-electron chi connectivity index (χ3n) is 4.99. The lowest BCUT2D eigenvalue weighted by molar-refractivity contribution is -0.384. The molecular formula is C22H13N3O8. The number of imide groups is 2. The van der Waals surface area contributed by atoms with Crippen LogP contribution < -0.4 is 19.7 Å². The van der Waals surface area contributed by atoms with Gasteiger partial charge in [0.2, 0.25) is 6.79 Å². The second kappa shape index (κ2) is 7.64. The summed E-state index contributed by atoms with van der Waals surface area (Å²) in [5.74, 6) is -0.295. The number of barbiturate groups is 1. The van der Waals surface area contributed by atoms with E-state index in [-0.39, 0.29) is 29.5 Å². The molecular weight excluding hydrogens is 434 g/mol. The van der Waals surface area contributed by atoms with Crippen molar-refractivity contribution in [2.75, 3.05) is 11.7 Å². The highest BCUT2D eigenvalue weighted by Crippen LogP contribution is 2.36. The Morgan fingerprint density at radius 3 is 2.48 bits per heavy atom. The number of amides is 4. The van der Waals surface area contributed by atoms with Gasteiger partial charge in [-0.25, -0.2) is 9.69 Å². The fourth-order valence-electron chi connectivity index (χ4n) is 3.39.